The van der Waals surface area contributed by atoms with E-state index in [9.17, 15) is 49.7 Å². The molecule has 15 heteroatoms. The fraction of sp³-hybridized carbons (Fsp3) is 0.608. The van der Waals surface area contributed by atoms with Gasteiger partial charge in [0.2, 0.25) is 0 Å². The standard InChI is InChI=1S/C51H81O14P/c1-3-4-5-6-7-8-9-10-11-12-13-14-17-20-23-26-29-32-35-38-44(53)62-40-43(41-63-66(60,61)65-51-49(58)47(56)46(55)48(57)50(51)59)64-45(54)39-36-33-30-27-24-21-18-15-16-19-22-25-28-31-34-37-42(2)52/h4-5,7-8,10-11,13-14,16,18-21,23,25,27-28,30,42-43,46-52,55-59H,3,6,9,12,15,17,22,24,26,29,31-41H2,1-2H3,(H,60,61)/b5-4-,8-7-,11-10-,14-13-,19-16-,21-18-,23-20-,28-25-,30-27-/t42-,43+,46?,47-,48+,49+,50+,51?/m0/s1. The minimum absolute atomic E-state index is 0.00579. The first-order valence-electron chi connectivity index (χ1n) is 23.7. The second-order valence-corrected chi connectivity index (χ2v) is 17.6. The molecule has 0 aromatic rings. The third-order valence-electron chi connectivity index (χ3n) is 10.1. The highest BCUT2D eigenvalue weighted by Crippen LogP contribution is 2.47. The lowest BCUT2D eigenvalue weighted by atomic mass is 9.85. The predicted octanol–water partition coefficient (Wildman–Crippen LogP) is 8.58. The smallest absolute Gasteiger partial charge is 0.462 e. The second kappa shape index (κ2) is 39.5. The average molecular weight is 949 g/mol. The van der Waals surface area contributed by atoms with Gasteiger partial charge >= 0.3 is 19.8 Å². The molecular weight excluding hydrogens is 868 g/mol. The molecule has 0 bridgehead atoms. The Morgan fingerprint density at radius 3 is 1.41 bits per heavy atom. The molecule has 0 aromatic heterocycles. The van der Waals surface area contributed by atoms with E-state index in [2.05, 4.69) is 98.1 Å². The van der Waals surface area contributed by atoms with Gasteiger partial charge in [-0.25, -0.2) is 4.57 Å². The monoisotopic (exact) mass is 949 g/mol. The summed E-state index contributed by atoms with van der Waals surface area (Å²) >= 11 is 0. The maximum atomic E-state index is 12.8. The van der Waals surface area contributed by atoms with E-state index in [0.29, 0.717) is 19.3 Å². The van der Waals surface area contributed by atoms with E-state index in [4.69, 9.17) is 18.5 Å². The van der Waals surface area contributed by atoms with Crippen LogP contribution in [0.5, 0.6) is 0 Å². The Hall–Kier alpha value is -3.53. The van der Waals surface area contributed by atoms with Gasteiger partial charge in [-0.05, 0) is 110 Å². The summed E-state index contributed by atoms with van der Waals surface area (Å²) in [5, 5.41) is 59.5. The van der Waals surface area contributed by atoms with Crippen LogP contribution in [0.4, 0.5) is 0 Å². The minimum atomic E-state index is -5.16. The number of rotatable bonds is 37. The first-order chi connectivity index (χ1) is 31.8. The van der Waals surface area contributed by atoms with Gasteiger partial charge in [0.15, 0.2) is 6.10 Å². The fourth-order valence-corrected chi connectivity index (χ4v) is 7.30. The van der Waals surface area contributed by atoms with Crippen molar-refractivity contribution >= 4 is 19.8 Å². The van der Waals surface area contributed by atoms with E-state index in [1.165, 1.54) is 0 Å². The average Bonchev–Trinajstić information content (AvgIpc) is 3.29. The Bertz CT molecular complexity index is 1580. The number of carbonyl (C=O) groups is 2. The van der Waals surface area contributed by atoms with Crippen molar-refractivity contribution < 1.29 is 68.2 Å². The third kappa shape index (κ3) is 32.2. The summed E-state index contributed by atoms with van der Waals surface area (Å²) in [6, 6.07) is 0. The summed E-state index contributed by atoms with van der Waals surface area (Å²) in [6.45, 7) is 2.65. The van der Waals surface area contributed by atoms with Crippen molar-refractivity contribution in [2.24, 2.45) is 0 Å². The third-order valence-corrected chi connectivity index (χ3v) is 11.1. The maximum Gasteiger partial charge on any atom is 0.472 e. The summed E-state index contributed by atoms with van der Waals surface area (Å²) < 4.78 is 33.4. The highest BCUT2D eigenvalue weighted by Gasteiger charge is 2.51. The van der Waals surface area contributed by atoms with Crippen LogP contribution in [0.3, 0.4) is 0 Å². The topological polar surface area (TPSA) is 230 Å². The first-order valence-corrected chi connectivity index (χ1v) is 25.2. The van der Waals surface area contributed by atoms with Gasteiger partial charge in [-0.3, -0.25) is 18.6 Å². The molecule has 7 N–H and O–H groups in total. The lowest BCUT2D eigenvalue weighted by molar-refractivity contribution is -0.220. The normalized spacial score (nSPS) is 22.7. The van der Waals surface area contributed by atoms with E-state index in [-0.39, 0.29) is 18.9 Å². The molecule has 3 unspecified atom stereocenters. The van der Waals surface area contributed by atoms with Crippen molar-refractivity contribution in [1.82, 2.24) is 0 Å². The van der Waals surface area contributed by atoms with E-state index in [0.717, 1.165) is 89.9 Å². The Morgan fingerprint density at radius 2 is 0.939 bits per heavy atom. The molecule has 0 aliphatic heterocycles. The molecule has 0 spiro atoms. The Kier molecular flexibility index (Phi) is 36.2. The van der Waals surface area contributed by atoms with Crippen LogP contribution >= 0.6 is 7.82 Å². The molecule has 1 aliphatic carbocycles. The van der Waals surface area contributed by atoms with Crippen molar-refractivity contribution in [3.05, 3.63) is 109 Å². The van der Waals surface area contributed by atoms with E-state index in [1.807, 2.05) is 18.2 Å². The molecule has 9 atom stereocenters. The number of unbranched alkanes of at least 4 members (excludes halogenated alkanes) is 5. The molecule has 66 heavy (non-hydrogen) atoms. The molecule has 0 aromatic carbocycles. The molecule has 1 fully saturated rings. The largest absolute Gasteiger partial charge is 0.472 e. The molecule has 1 aliphatic rings. The fourth-order valence-electron chi connectivity index (χ4n) is 6.32. The number of hydrogen-bond donors (Lipinski definition) is 7. The van der Waals surface area contributed by atoms with E-state index in [1.54, 1.807) is 6.92 Å². The SMILES string of the molecule is CC/C=C\C/C=C\C/C=C\C/C=C\C/C=C\CCCCCC(=O)OC[C@H](COP(=O)(O)OC1[C@H](O)[C@H](O)C(O)[C@H](O)[C@H]1O)OC(=O)CCC/C=C\C/C=C\C/C=C\C/C=C\CCC[C@H](C)O. The van der Waals surface area contributed by atoms with Gasteiger partial charge in [0.1, 0.15) is 43.2 Å². The van der Waals surface area contributed by atoms with E-state index < -0.39 is 75.7 Å². The van der Waals surface area contributed by atoms with Crippen LogP contribution in [0.15, 0.2) is 109 Å². The summed E-state index contributed by atoms with van der Waals surface area (Å²) in [4.78, 5) is 35.7. The molecule has 0 saturated heterocycles. The molecule has 1 saturated carbocycles. The summed E-state index contributed by atoms with van der Waals surface area (Å²) in [5.74, 6) is -1.23. The summed E-state index contributed by atoms with van der Waals surface area (Å²) in [6.07, 6.45) is 38.4. The number of ether oxygens (including phenoxy) is 2. The second-order valence-electron chi connectivity index (χ2n) is 16.2. The van der Waals surface area contributed by atoms with Crippen molar-refractivity contribution in [1.29, 1.82) is 0 Å². The Balaban J connectivity index is 2.52. The van der Waals surface area contributed by atoms with Gasteiger partial charge in [-0.1, -0.05) is 123 Å². The Labute approximate surface area is 394 Å². The van der Waals surface area contributed by atoms with Gasteiger partial charge in [-0.15, -0.1) is 0 Å². The first kappa shape index (κ1) is 60.5. The van der Waals surface area contributed by atoms with E-state index >= 15 is 0 Å². The highest BCUT2D eigenvalue weighted by atomic mass is 31.2. The van der Waals surface area contributed by atoms with Crippen LogP contribution in [-0.4, -0.2) is 110 Å². The zero-order valence-corrected chi connectivity index (χ0v) is 40.2. The number of allylic oxidation sites excluding steroid dienone is 18. The number of phosphoric acid groups is 1. The quantitative estimate of drug-likeness (QED) is 0.0134. The van der Waals surface area contributed by atoms with Crippen molar-refractivity contribution in [3.63, 3.8) is 0 Å². The van der Waals surface area contributed by atoms with Gasteiger partial charge in [0.05, 0.1) is 12.7 Å². The van der Waals surface area contributed by atoms with Gasteiger partial charge in [0, 0.05) is 12.8 Å². The zero-order chi connectivity index (χ0) is 48.7. The minimum Gasteiger partial charge on any atom is -0.462 e. The number of aliphatic hydroxyl groups excluding tert-OH is 6. The molecule has 14 nitrogen and oxygen atoms in total. The number of hydrogen-bond acceptors (Lipinski definition) is 13. The van der Waals surface area contributed by atoms with Gasteiger partial charge in [-0.2, -0.15) is 0 Å². The van der Waals surface area contributed by atoms with Crippen LogP contribution in [0.25, 0.3) is 0 Å². The number of carbonyl (C=O) groups excluding carboxylic acids is 2. The zero-order valence-electron chi connectivity index (χ0n) is 39.3. The summed E-state index contributed by atoms with van der Waals surface area (Å²) in [7, 11) is -5.16. The van der Waals surface area contributed by atoms with Crippen molar-refractivity contribution in [2.75, 3.05) is 13.2 Å². The lowest BCUT2D eigenvalue weighted by Gasteiger charge is -2.41. The van der Waals surface area contributed by atoms with Crippen LogP contribution in [0, 0.1) is 0 Å². The molecule has 0 amide bonds. The molecule has 374 valence electrons. The number of aliphatic hydroxyl groups is 6. The van der Waals surface area contributed by atoms with Crippen LogP contribution in [0.1, 0.15) is 136 Å². The Morgan fingerprint density at radius 1 is 0.530 bits per heavy atom. The lowest BCUT2D eigenvalue weighted by Crippen LogP contribution is -2.64. The molecular formula is C51H81O14P. The molecule has 1 rings (SSSR count). The maximum absolute atomic E-state index is 12.8. The highest BCUT2D eigenvalue weighted by molar-refractivity contribution is 7.47. The predicted molar refractivity (Wildman–Crippen MR) is 259 cm³/mol. The van der Waals surface area contributed by atoms with Gasteiger partial charge in [0.25, 0.3) is 0 Å². The van der Waals surface area contributed by atoms with Crippen molar-refractivity contribution in [3.8, 4) is 0 Å². The number of phosphoric ester groups is 1. The molecule has 0 heterocycles. The molecule has 0 radical (unpaired) electrons. The number of esters is 2. The van der Waals surface area contributed by atoms with Crippen LogP contribution < -0.4 is 0 Å². The van der Waals surface area contributed by atoms with Gasteiger partial charge < -0.3 is 45.0 Å². The van der Waals surface area contributed by atoms with Crippen LogP contribution in [-0.2, 0) is 32.7 Å². The van der Waals surface area contributed by atoms with Crippen LogP contribution in [0.2, 0.25) is 0 Å². The summed E-state index contributed by atoms with van der Waals surface area (Å²) in [5.41, 5.74) is 0. The van der Waals surface area contributed by atoms with Crippen molar-refractivity contribution in [2.45, 2.75) is 185 Å².